The maximum atomic E-state index is 12.7. The van der Waals surface area contributed by atoms with Crippen molar-refractivity contribution in [2.45, 2.75) is 18.9 Å². The largest absolute Gasteiger partial charge is 0.469 e. The van der Waals surface area contributed by atoms with Gasteiger partial charge in [0.2, 0.25) is 0 Å². The number of hydrogen-bond donors (Lipinski definition) is 0. The molecule has 0 aromatic heterocycles. The fourth-order valence-electron chi connectivity index (χ4n) is 3.51. The molecule has 1 heterocycles. The molecule has 0 spiro atoms. The van der Waals surface area contributed by atoms with Gasteiger partial charge < -0.3 is 9.47 Å². The molecule has 1 aromatic carbocycles. The maximum absolute atomic E-state index is 12.7. The second-order valence-corrected chi connectivity index (χ2v) is 6.25. The number of methoxy groups -OCH3 is 2. The topological polar surface area (TPSA) is 90.0 Å². The van der Waals surface area contributed by atoms with Crippen LogP contribution in [0.1, 0.15) is 33.6 Å². The lowest BCUT2D eigenvalue weighted by Gasteiger charge is -2.32. The Bertz CT molecular complexity index is 764. The van der Waals surface area contributed by atoms with Gasteiger partial charge in [0.25, 0.3) is 11.8 Å². The van der Waals surface area contributed by atoms with Crippen LogP contribution in [0.4, 0.5) is 0 Å². The number of amides is 2. The Morgan fingerprint density at radius 3 is 2.08 bits per heavy atom. The van der Waals surface area contributed by atoms with Gasteiger partial charge in [-0.3, -0.25) is 19.3 Å². The fraction of sp³-hybridized carbons (Fsp3) is 0.368. The third-order valence-corrected chi connectivity index (χ3v) is 4.86. The zero-order valence-electron chi connectivity index (χ0n) is 14.5. The number of fused-ring (bicyclic) bond motifs is 1. The van der Waals surface area contributed by atoms with E-state index < -0.39 is 35.7 Å². The first-order valence-electron chi connectivity index (χ1n) is 8.30. The van der Waals surface area contributed by atoms with E-state index in [2.05, 4.69) is 0 Å². The number of carbonyl (C=O) groups excluding carboxylic acids is 4. The average Bonchev–Trinajstić information content (AvgIpc) is 2.93. The molecular formula is C19H19NO6. The quantitative estimate of drug-likeness (QED) is 0.462. The van der Waals surface area contributed by atoms with Crippen molar-refractivity contribution in [3.05, 3.63) is 47.5 Å². The van der Waals surface area contributed by atoms with Crippen LogP contribution in [0.25, 0.3) is 0 Å². The van der Waals surface area contributed by atoms with Gasteiger partial charge in [-0.25, -0.2) is 4.79 Å². The van der Waals surface area contributed by atoms with Crippen LogP contribution in [-0.4, -0.2) is 48.9 Å². The van der Waals surface area contributed by atoms with Crippen LogP contribution >= 0.6 is 0 Å². The van der Waals surface area contributed by atoms with Crippen molar-refractivity contribution < 1.29 is 28.7 Å². The zero-order chi connectivity index (χ0) is 18.8. The molecule has 1 aliphatic heterocycles. The predicted molar refractivity (Wildman–Crippen MR) is 90.1 cm³/mol. The number of benzene rings is 1. The first-order chi connectivity index (χ1) is 12.5. The first kappa shape index (κ1) is 17.8. The number of imide groups is 1. The molecule has 26 heavy (non-hydrogen) atoms. The molecule has 1 aliphatic carbocycles. The van der Waals surface area contributed by atoms with Gasteiger partial charge in [-0.1, -0.05) is 24.3 Å². The van der Waals surface area contributed by atoms with Crippen molar-refractivity contribution in [3.8, 4) is 0 Å². The van der Waals surface area contributed by atoms with Gasteiger partial charge in [0.1, 0.15) is 6.04 Å². The standard InChI is InChI=1S/C19H19NO6/c1-25-18(23)12-9-7-11(8-10-12)15(19(24)26-2)20-16(21)13-5-3-4-6-14(13)17(20)22/h3-7,9,11-12,15H,8,10H2,1-2H3/t11-,12-,15-/m0/s1. The smallest absolute Gasteiger partial charge is 0.329 e. The highest BCUT2D eigenvalue weighted by atomic mass is 16.5. The van der Waals surface area contributed by atoms with Crippen LogP contribution in [0.3, 0.4) is 0 Å². The summed E-state index contributed by atoms with van der Waals surface area (Å²) in [6, 6.07) is 5.40. The van der Waals surface area contributed by atoms with Crippen LogP contribution in [0.2, 0.25) is 0 Å². The van der Waals surface area contributed by atoms with Gasteiger partial charge in [0.15, 0.2) is 0 Å². The molecular weight excluding hydrogens is 338 g/mol. The van der Waals surface area contributed by atoms with Gasteiger partial charge in [0.05, 0.1) is 31.3 Å². The summed E-state index contributed by atoms with van der Waals surface area (Å²) < 4.78 is 9.59. The Kier molecular flexibility index (Phi) is 4.88. The van der Waals surface area contributed by atoms with E-state index in [9.17, 15) is 19.2 Å². The van der Waals surface area contributed by atoms with Crippen molar-refractivity contribution in [1.82, 2.24) is 4.90 Å². The molecule has 0 saturated carbocycles. The van der Waals surface area contributed by atoms with Crippen LogP contribution < -0.4 is 0 Å². The maximum Gasteiger partial charge on any atom is 0.329 e. The minimum atomic E-state index is -1.07. The molecule has 2 aliphatic rings. The number of carbonyl (C=O) groups is 4. The van der Waals surface area contributed by atoms with Crippen molar-refractivity contribution in [1.29, 1.82) is 0 Å². The van der Waals surface area contributed by atoms with Crippen LogP contribution in [0.15, 0.2) is 36.4 Å². The summed E-state index contributed by atoms with van der Waals surface area (Å²) in [5.41, 5.74) is 0.553. The molecule has 3 rings (SSSR count). The summed E-state index contributed by atoms with van der Waals surface area (Å²) >= 11 is 0. The Labute approximate surface area is 150 Å². The van der Waals surface area contributed by atoms with Gasteiger partial charge >= 0.3 is 11.9 Å². The third-order valence-electron chi connectivity index (χ3n) is 4.86. The molecule has 7 heteroatoms. The zero-order valence-corrected chi connectivity index (χ0v) is 14.5. The van der Waals surface area contributed by atoms with E-state index in [0.29, 0.717) is 12.8 Å². The lowest BCUT2D eigenvalue weighted by Crippen LogP contribution is -2.50. The Morgan fingerprint density at radius 1 is 1.00 bits per heavy atom. The molecule has 3 atom stereocenters. The molecule has 1 aromatic rings. The molecule has 0 radical (unpaired) electrons. The molecule has 0 fully saturated rings. The van der Waals surface area contributed by atoms with Crippen molar-refractivity contribution in [3.63, 3.8) is 0 Å². The Balaban J connectivity index is 1.92. The predicted octanol–water partition coefficient (Wildman–Crippen LogP) is 1.58. The second-order valence-electron chi connectivity index (χ2n) is 6.25. The fourth-order valence-corrected chi connectivity index (χ4v) is 3.51. The van der Waals surface area contributed by atoms with E-state index in [1.807, 2.05) is 0 Å². The number of nitrogens with zero attached hydrogens (tertiary/aromatic N) is 1. The second kappa shape index (κ2) is 7.11. The summed E-state index contributed by atoms with van der Waals surface area (Å²) in [5, 5.41) is 0. The summed E-state index contributed by atoms with van der Waals surface area (Å²) in [4.78, 5) is 50.5. The highest BCUT2D eigenvalue weighted by molar-refractivity contribution is 6.22. The number of ether oxygens (including phenoxy) is 2. The van der Waals surface area contributed by atoms with Crippen LogP contribution in [0.5, 0.6) is 0 Å². The molecule has 0 saturated heterocycles. The van der Waals surface area contributed by atoms with E-state index >= 15 is 0 Å². The molecule has 0 unspecified atom stereocenters. The molecule has 136 valence electrons. The Morgan fingerprint density at radius 2 is 1.62 bits per heavy atom. The van der Waals surface area contributed by atoms with Gasteiger partial charge in [-0.05, 0) is 25.0 Å². The minimum absolute atomic E-state index is 0.277. The van der Waals surface area contributed by atoms with E-state index in [1.54, 1.807) is 36.4 Å². The highest BCUT2D eigenvalue weighted by Crippen LogP contribution is 2.33. The summed E-state index contributed by atoms with van der Waals surface area (Å²) in [6.07, 6.45) is 4.26. The lowest BCUT2D eigenvalue weighted by atomic mass is 9.83. The van der Waals surface area contributed by atoms with Crippen molar-refractivity contribution in [2.75, 3.05) is 14.2 Å². The summed E-state index contributed by atoms with van der Waals surface area (Å²) in [6.45, 7) is 0. The van der Waals surface area contributed by atoms with Crippen molar-refractivity contribution in [2.24, 2.45) is 11.8 Å². The number of hydrogen-bond acceptors (Lipinski definition) is 6. The normalized spacial score (nSPS) is 22.8. The van der Waals surface area contributed by atoms with Crippen LogP contribution in [0, 0.1) is 11.8 Å². The van der Waals surface area contributed by atoms with E-state index in [-0.39, 0.29) is 17.1 Å². The monoisotopic (exact) mass is 357 g/mol. The molecule has 2 amide bonds. The minimum Gasteiger partial charge on any atom is -0.469 e. The van der Waals surface area contributed by atoms with E-state index in [0.717, 1.165) is 4.90 Å². The van der Waals surface area contributed by atoms with E-state index in [4.69, 9.17) is 9.47 Å². The lowest BCUT2D eigenvalue weighted by molar-refractivity contribution is -0.146. The van der Waals surface area contributed by atoms with E-state index in [1.165, 1.54) is 14.2 Å². The third kappa shape index (κ3) is 2.89. The number of esters is 2. The van der Waals surface area contributed by atoms with Gasteiger partial charge in [-0.2, -0.15) is 0 Å². The molecule has 0 bridgehead atoms. The number of rotatable bonds is 4. The summed E-state index contributed by atoms with van der Waals surface area (Å²) in [7, 11) is 2.54. The molecule has 7 nitrogen and oxygen atoms in total. The van der Waals surface area contributed by atoms with Gasteiger partial charge in [0, 0.05) is 5.92 Å². The first-order valence-corrected chi connectivity index (χ1v) is 8.30. The van der Waals surface area contributed by atoms with Gasteiger partial charge in [-0.15, -0.1) is 0 Å². The summed E-state index contributed by atoms with van der Waals surface area (Å²) in [5.74, 6) is -2.85. The van der Waals surface area contributed by atoms with Crippen LogP contribution in [-0.2, 0) is 19.1 Å². The average molecular weight is 357 g/mol. The SMILES string of the molecule is COC(=O)[C@H]([C@H]1C=C[C@H](C(=O)OC)CC1)N1C(=O)c2ccccc2C1=O. The molecule has 0 N–H and O–H groups in total. The van der Waals surface area contributed by atoms with Crippen molar-refractivity contribution >= 4 is 23.8 Å². The highest BCUT2D eigenvalue weighted by Gasteiger charge is 2.46. The Hall–Kier alpha value is -2.96.